The van der Waals surface area contributed by atoms with Crippen LogP contribution in [0.25, 0.3) is 5.69 Å². The van der Waals surface area contributed by atoms with E-state index in [2.05, 4.69) is 20.8 Å². The van der Waals surface area contributed by atoms with E-state index in [1.807, 2.05) is 0 Å². The maximum absolute atomic E-state index is 13.0. The maximum atomic E-state index is 13.0. The van der Waals surface area contributed by atoms with Gasteiger partial charge in [-0.1, -0.05) is 6.07 Å². The normalized spacial score (nSPS) is 14.5. The number of hydrogen-bond donors (Lipinski definition) is 1. The van der Waals surface area contributed by atoms with Gasteiger partial charge in [-0.15, -0.1) is 5.10 Å². The molecule has 1 fully saturated rings. The van der Waals surface area contributed by atoms with E-state index in [9.17, 15) is 13.2 Å². The Balaban J connectivity index is 1.47. The summed E-state index contributed by atoms with van der Waals surface area (Å²) in [4.78, 5) is 12.7. The summed E-state index contributed by atoms with van der Waals surface area (Å²) in [5, 5.41) is 13.7. The molecular formula is C21H24N6O6S. The van der Waals surface area contributed by atoms with Gasteiger partial charge in [0.25, 0.3) is 5.91 Å². The Hall–Kier alpha value is -3.55. The summed E-state index contributed by atoms with van der Waals surface area (Å²) in [7, 11) is -3.74. The fraction of sp³-hybridized carbons (Fsp3) is 0.333. The lowest BCUT2D eigenvalue weighted by atomic mass is 10.3. The van der Waals surface area contributed by atoms with E-state index < -0.39 is 15.9 Å². The van der Waals surface area contributed by atoms with Gasteiger partial charge in [0.1, 0.15) is 17.8 Å². The van der Waals surface area contributed by atoms with Gasteiger partial charge in [-0.25, -0.2) is 13.1 Å². The van der Waals surface area contributed by atoms with Gasteiger partial charge >= 0.3 is 0 Å². The van der Waals surface area contributed by atoms with Crippen LogP contribution >= 0.6 is 0 Å². The fourth-order valence-electron chi connectivity index (χ4n) is 3.32. The average molecular weight is 489 g/mol. The number of nitrogens with zero attached hydrogens (tertiary/aromatic N) is 5. The number of sulfonamides is 1. The molecule has 1 saturated heterocycles. The second-order valence-electron chi connectivity index (χ2n) is 7.20. The number of carbonyl (C=O) groups excluding carboxylic acids is 1. The van der Waals surface area contributed by atoms with Gasteiger partial charge in [-0.3, -0.25) is 4.79 Å². The molecule has 0 radical (unpaired) electrons. The molecule has 13 heteroatoms. The van der Waals surface area contributed by atoms with Gasteiger partial charge < -0.3 is 19.5 Å². The molecule has 1 aliphatic rings. The first kappa shape index (κ1) is 23.6. The predicted octanol–water partition coefficient (Wildman–Crippen LogP) is 1.10. The number of morpholine rings is 1. The third kappa shape index (κ3) is 5.50. The first-order chi connectivity index (χ1) is 16.5. The van der Waals surface area contributed by atoms with Gasteiger partial charge in [0, 0.05) is 19.2 Å². The minimum absolute atomic E-state index is 0.0585. The van der Waals surface area contributed by atoms with Crippen LogP contribution in [-0.4, -0.2) is 78.4 Å². The van der Waals surface area contributed by atoms with Crippen molar-refractivity contribution in [1.82, 2.24) is 24.5 Å². The number of nitrogens with one attached hydrogen (secondary N) is 1. The highest BCUT2D eigenvalue weighted by Gasteiger charge is 2.27. The van der Waals surface area contributed by atoms with Crippen LogP contribution in [-0.2, 0) is 19.6 Å². The molecule has 1 amide bonds. The molecule has 0 unspecified atom stereocenters. The van der Waals surface area contributed by atoms with Crippen molar-refractivity contribution >= 4 is 21.6 Å². The van der Waals surface area contributed by atoms with Crippen molar-refractivity contribution in [2.24, 2.45) is 0 Å². The molecule has 1 aliphatic heterocycles. The Morgan fingerprint density at radius 2 is 1.97 bits per heavy atom. The number of ether oxygens (including phenoxy) is 3. The lowest BCUT2D eigenvalue weighted by Crippen LogP contribution is -2.40. The summed E-state index contributed by atoms with van der Waals surface area (Å²) in [6.45, 7) is 3.07. The van der Waals surface area contributed by atoms with Crippen LogP contribution in [0, 0.1) is 0 Å². The highest BCUT2D eigenvalue weighted by Crippen LogP contribution is 2.29. The van der Waals surface area contributed by atoms with Crippen LogP contribution in [0.4, 0.5) is 5.69 Å². The molecule has 1 aromatic heterocycles. The molecule has 12 nitrogen and oxygen atoms in total. The van der Waals surface area contributed by atoms with E-state index in [0.717, 1.165) is 0 Å². The van der Waals surface area contributed by atoms with Crippen molar-refractivity contribution in [3.8, 4) is 17.2 Å². The van der Waals surface area contributed by atoms with Crippen LogP contribution in [0.2, 0.25) is 0 Å². The Labute approximate surface area is 196 Å². The summed E-state index contributed by atoms with van der Waals surface area (Å²) in [5.74, 6) is 0.323. The van der Waals surface area contributed by atoms with Gasteiger partial charge in [0.15, 0.2) is 6.61 Å². The van der Waals surface area contributed by atoms with E-state index in [1.54, 1.807) is 31.2 Å². The van der Waals surface area contributed by atoms with Gasteiger partial charge in [-0.2, -0.15) is 4.31 Å². The lowest BCUT2D eigenvalue weighted by molar-refractivity contribution is -0.118. The zero-order valence-corrected chi connectivity index (χ0v) is 19.3. The summed E-state index contributed by atoms with van der Waals surface area (Å²) >= 11 is 0. The molecule has 1 N–H and O–H groups in total. The largest absolute Gasteiger partial charge is 0.492 e. The molecule has 3 aromatic rings. The second kappa shape index (κ2) is 10.6. The van der Waals surface area contributed by atoms with Crippen molar-refractivity contribution in [2.45, 2.75) is 11.8 Å². The molecule has 0 atom stereocenters. The second-order valence-corrected chi connectivity index (χ2v) is 9.13. The summed E-state index contributed by atoms with van der Waals surface area (Å²) in [6, 6.07) is 11.3. The van der Waals surface area contributed by atoms with Gasteiger partial charge in [-0.05, 0) is 47.7 Å². The summed E-state index contributed by atoms with van der Waals surface area (Å²) in [6.07, 6.45) is 1.44. The number of hydrogen-bond acceptors (Lipinski definition) is 9. The SMILES string of the molecule is CCOc1ccc(S(=O)(=O)N2CCOCC2)cc1NC(=O)COc1cccc(-n2cnnn2)c1. The van der Waals surface area contributed by atoms with Crippen LogP contribution in [0.3, 0.4) is 0 Å². The van der Waals surface area contributed by atoms with E-state index in [-0.39, 0.29) is 30.3 Å². The zero-order chi connectivity index (χ0) is 24.0. The van der Waals surface area contributed by atoms with E-state index >= 15 is 0 Å². The Kier molecular flexibility index (Phi) is 7.35. The number of rotatable bonds is 9. The molecule has 2 heterocycles. The van der Waals surface area contributed by atoms with Crippen molar-refractivity contribution in [1.29, 1.82) is 0 Å². The number of anilines is 1. The lowest BCUT2D eigenvalue weighted by Gasteiger charge is -2.26. The highest BCUT2D eigenvalue weighted by atomic mass is 32.2. The molecule has 180 valence electrons. The van der Waals surface area contributed by atoms with Crippen LogP contribution in [0.1, 0.15) is 6.92 Å². The average Bonchev–Trinajstić information content (AvgIpc) is 3.40. The zero-order valence-electron chi connectivity index (χ0n) is 18.5. The number of carbonyl (C=O) groups is 1. The maximum Gasteiger partial charge on any atom is 0.262 e. The van der Waals surface area contributed by atoms with Crippen molar-refractivity contribution in [2.75, 3.05) is 44.8 Å². The smallest absolute Gasteiger partial charge is 0.262 e. The van der Waals surface area contributed by atoms with Crippen molar-refractivity contribution in [3.05, 3.63) is 48.8 Å². The molecule has 0 aliphatic carbocycles. The first-order valence-electron chi connectivity index (χ1n) is 10.6. The number of aromatic nitrogens is 4. The molecule has 34 heavy (non-hydrogen) atoms. The quantitative estimate of drug-likeness (QED) is 0.469. The minimum atomic E-state index is -3.74. The Morgan fingerprint density at radius 3 is 2.71 bits per heavy atom. The standard InChI is InChI=1S/C21H24N6O6S/c1-2-32-20-7-6-18(34(29,30)26-8-10-31-11-9-26)13-19(20)23-21(28)14-33-17-5-3-4-16(12-17)27-15-22-24-25-27/h3-7,12-13,15H,2,8-11,14H2,1H3,(H,23,28). The Bertz CT molecular complexity index is 1230. The van der Waals surface area contributed by atoms with E-state index in [0.29, 0.717) is 37.0 Å². The number of tetrazole rings is 1. The third-order valence-corrected chi connectivity index (χ3v) is 6.83. The van der Waals surface area contributed by atoms with Crippen molar-refractivity contribution in [3.63, 3.8) is 0 Å². The number of amides is 1. The molecular weight excluding hydrogens is 464 g/mol. The van der Waals surface area contributed by atoms with Gasteiger partial charge in [0.05, 0.1) is 36.1 Å². The monoisotopic (exact) mass is 488 g/mol. The topological polar surface area (TPSA) is 138 Å². The van der Waals surface area contributed by atoms with Crippen LogP contribution in [0.15, 0.2) is 53.7 Å². The van der Waals surface area contributed by atoms with Gasteiger partial charge in [0.2, 0.25) is 10.0 Å². The third-order valence-electron chi connectivity index (χ3n) is 4.93. The minimum Gasteiger partial charge on any atom is -0.492 e. The summed E-state index contributed by atoms with van der Waals surface area (Å²) in [5.41, 5.74) is 0.912. The fourth-order valence-corrected chi connectivity index (χ4v) is 4.75. The Morgan fingerprint density at radius 1 is 1.15 bits per heavy atom. The molecule has 2 aromatic carbocycles. The summed E-state index contributed by atoms with van der Waals surface area (Å²) < 4.78 is 45.2. The molecule has 0 saturated carbocycles. The van der Waals surface area contributed by atoms with E-state index in [4.69, 9.17) is 14.2 Å². The highest BCUT2D eigenvalue weighted by molar-refractivity contribution is 7.89. The predicted molar refractivity (Wildman–Crippen MR) is 120 cm³/mol. The molecule has 4 rings (SSSR count). The van der Waals surface area contributed by atoms with Crippen LogP contribution < -0.4 is 14.8 Å². The number of benzene rings is 2. The van der Waals surface area contributed by atoms with E-state index in [1.165, 1.54) is 33.5 Å². The van der Waals surface area contributed by atoms with Crippen LogP contribution in [0.5, 0.6) is 11.5 Å². The molecule has 0 spiro atoms. The molecule has 0 bridgehead atoms. The van der Waals surface area contributed by atoms with Crippen molar-refractivity contribution < 1.29 is 27.4 Å². The first-order valence-corrected chi connectivity index (χ1v) is 12.0.